The molecule has 9 heteroatoms. The Morgan fingerprint density at radius 2 is 1.62 bits per heavy atom. The Kier molecular flexibility index (Phi) is 10.0. The van der Waals surface area contributed by atoms with Gasteiger partial charge in [0, 0.05) is 29.6 Å². The SMILES string of the molecule is O=C(CCCNC(=O)NC1CCCCC1)NNC(=O)c1ccc(COc2ccc(Cl)cc2)cc1. The van der Waals surface area contributed by atoms with E-state index in [9.17, 15) is 14.4 Å². The highest BCUT2D eigenvalue weighted by molar-refractivity contribution is 6.30. The number of hydrazine groups is 1. The summed E-state index contributed by atoms with van der Waals surface area (Å²) in [6, 6.07) is 14.0. The van der Waals surface area contributed by atoms with Crippen LogP contribution >= 0.6 is 11.6 Å². The van der Waals surface area contributed by atoms with Gasteiger partial charge in [0.1, 0.15) is 12.4 Å². The van der Waals surface area contributed by atoms with Crippen LogP contribution in [0, 0.1) is 0 Å². The van der Waals surface area contributed by atoms with Crippen molar-refractivity contribution >= 4 is 29.4 Å². The van der Waals surface area contributed by atoms with Crippen molar-refractivity contribution in [2.45, 2.75) is 57.6 Å². The highest BCUT2D eigenvalue weighted by Crippen LogP contribution is 2.18. The van der Waals surface area contributed by atoms with Gasteiger partial charge in [0.25, 0.3) is 5.91 Å². The molecule has 182 valence electrons. The van der Waals surface area contributed by atoms with Crippen LogP contribution in [0.2, 0.25) is 5.02 Å². The molecule has 2 aromatic rings. The Bertz CT molecular complexity index is 944. The summed E-state index contributed by atoms with van der Waals surface area (Å²) in [5.74, 6) is -0.0340. The van der Waals surface area contributed by atoms with Gasteiger partial charge in [-0.1, -0.05) is 43.0 Å². The summed E-state index contributed by atoms with van der Waals surface area (Å²) in [6.45, 7) is 0.743. The van der Waals surface area contributed by atoms with Crippen molar-refractivity contribution in [3.05, 3.63) is 64.7 Å². The highest BCUT2D eigenvalue weighted by atomic mass is 35.5. The van der Waals surface area contributed by atoms with Crippen molar-refractivity contribution in [3.8, 4) is 5.75 Å². The molecule has 0 heterocycles. The van der Waals surface area contributed by atoms with E-state index in [-0.39, 0.29) is 24.4 Å². The number of amides is 4. The van der Waals surface area contributed by atoms with Gasteiger partial charge in [-0.2, -0.15) is 0 Å². The van der Waals surface area contributed by atoms with Crippen molar-refractivity contribution in [1.29, 1.82) is 0 Å². The largest absolute Gasteiger partial charge is 0.489 e. The lowest BCUT2D eigenvalue weighted by Crippen LogP contribution is -2.44. The first kappa shape index (κ1) is 25.4. The Morgan fingerprint density at radius 1 is 0.912 bits per heavy atom. The van der Waals surface area contributed by atoms with E-state index >= 15 is 0 Å². The molecule has 2 aromatic carbocycles. The third kappa shape index (κ3) is 8.94. The second kappa shape index (κ2) is 13.4. The molecule has 0 bridgehead atoms. The van der Waals surface area contributed by atoms with Crippen LogP contribution < -0.4 is 26.2 Å². The fourth-order valence-electron chi connectivity index (χ4n) is 3.65. The van der Waals surface area contributed by atoms with Crippen molar-refractivity contribution in [3.63, 3.8) is 0 Å². The summed E-state index contributed by atoms with van der Waals surface area (Å²) in [5, 5.41) is 6.38. The average Bonchev–Trinajstić information content (AvgIpc) is 2.86. The molecule has 0 spiro atoms. The second-order valence-corrected chi connectivity index (χ2v) is 8.72. The van der Waals surface area contributed by atoms with Crippen LogP contribution in [-0.4, -0.2) is 30.4 Å². The van der Waals surface area contributed by atoms with E-state index in [2.05, 4.69) is 21.5 Å². The summed E-state index contributed by atoms with van der Waals surface area (Å²) in [5.41, 5.74) is 6.11. The Hall–Kier alpha value is -3.26. The molecule has 0 unspecified atom stereocenters. The molecule has 3 rings (SSSR count). The summed E-state index contributed by atoms with van der Waals surface area (Å²) < 4.78 is 5.68. The summed E-state index contributed by atoms with van der Waals surface area (Å²) in [4.78, 5) is 36.1. The van der Waals surface area contributed by atoms with Crippen LogP contribution in [0.5, 0.6) is 5.75 Å². The zero-order chi connectivity index (χ0) is 24.2. The molecule has 1 aliphatic carbocycles. The van der Waals surface area contributed by atoms with Crippen LogP contribution in [0.25, 0.3) is 0 Å². The zero-order valence-electron chi connectivity index (χ0n) is 19.1. The molecule has 8 nitrogen and oxygen atoms in total. The van der Waals surface area contributed by atoms with Gasteiger partial charge >= 0.3 is 6.03 Å². The van der Waals surface area contributed by atoms with E-state index < -0.39 is 5.91 Å². The van der Waals surface area contributed by atoms with Crippen LogP contribution in [0.1, 0.15) is 60.9 Å². The second-order valence-electron chi connectivity index (χ2n) is 8.28. The lowest BCUT2D eigenvalue weighted by atomic mass is 9.96. The van der Waals surface area contributed by atoms with Crippen LogP contribution in [-0.2, 0) is 11.4 Å². The number of ether oxygens (including phenoxy) is 1. The molecule has 1 fully saturated rings. The lowest BCUT2D eigenvalue weighted by molar-refractivity contribution is -0.121. The minimum absolute atomic E-state index is 0.185. The van der Waals surface area contributed by atoms with Crippen molar-refractivity contribution < 1.29 is 19.1 Å². The smallest absolute Gasteiger partial charge is 0.315 e. The normalized spacial score (nSPS) is 13.6. The summed E-state index contributed by atoms with van der Waals surface area (Å²) >= 11 is 5.86. The molecule has 4 amide bonds. The van der Waals surface area contributed by atoms with Gasteiger partial charge in [-0.15, -0.1) is 0 Å². The van der Waals surface area contributed by atoms with Gasteiger partial charge in [-0.05, 0) is 61.2 Å². The van der Waals surface area contributed by atoms with E-state index in [1.807, 2.05) is 0 Å². The maximum Gasteiger partial charge on any atom is 0.315 e. The van der Waals surface area contributed by atoms with E-state index in [1.54, 1.807) is 48.5 Å². The predicted octanol–water partition coefficient (Wildman–Crippen LogP) is 4.09. The molecular formula is C25H31ClN4O4. The fourth-order valence-corrected chi connectivity index (χ4v) is 3.77. The van der Waals surface area contributed by atoms with Gasteiger partial charge < -0.3 is 15.4 Å². The van der Waals surface area contributed by atoms with Gasteiger partial charge in [-0.25, -0.2) is 4.79 Å². The molecule has 1 saturated carbocycles. The first-order valence-corrected chi connectivity index (χ1v) is 12.0. The minimum Gasteiger partial charge on any atom is -0.489 e. The van der Waals surface area contributed by atoms with E-state index in [1.165, 1.54) is 6.42 Å². The monoisotopic (exact) mass is 486 g/mol. The quantitative estimate of drug-likeness (QED) is 0.316. The van der Waals surface area contributed by atoms with E-state index in [0.717, 1.165) is 31.2 Å². The molecular weight excluding hydrogens is 456 g/mol. The number of benzene rings is 2. The van der Waals surface area contributed by atoms with Crippen LogP contribution in [0.15, 0.2) is 48.5 Å². The topological polar surface area (TPSA) is 109 Å². The summed E-state index contributed by atoms with van der Waals surface area (Å²) in [6.07, 6.45) is 6.24. The highest BCUT2D eigenvalue weighted by Gasteiger charge is 2.15. The molecule has 0 radical (unpaired) electrons. The molecule has 0 atom stereocenters. The maximum atomic E-state index is 12.2. The number of halogens is 1. The number of carbonyl (C=O) groups excluding carboxylic acids is 3. The molecule has 0 saturated heterocycles. The van der Waals surface area contributed by atoms with E-state index in [4.69, 9.17) is 16.3 Å². The minimum atomic E-state index is -0.413. The number of hydrogen-bond donors (Lipinski definition) is 4. The number of carbonyl (C=O) groups is 3. The number of nitrogens with one attached hydrogen (secondary N) is 4. The molecule has 0 aromatic heterocycles. The molecule has 4 N–H and O–H groups in total. The first-order valence-electron chi connectivity index (χ1n) is 11.6. The summed E-state index contributed by atoms with van der Waals surface area (Å²) in [7, 11) is 0. The zero-order valence-corrected chi connectivity index (χ0v) is 19.8. The fraction of sp³-hybridized carbons (Fsp3) is 0.400. The predicted molar refractivity (Wildman–Crippen MR) is 130 cm³/mol. The van der Waals surface area contributed by atoms with Gasteiger partial charge in [0.05, 0.1) is 0 Å². The molecule has 0 aliphatic heterocycles. The van der Waals surface area contributed by atoms with Gasteiger partial charge in [0.2, 0.25) is 5.91 Å². The van der Waals surface area contributed by atoms with Crippen LogP contribution in [0.4, 0.5) is 4.79 Å². The number of hydrogen-bond acceptors (Lipinski definition) is 4. The van der Waals surface area contributed by atoms with E-state index in [0.29, 0.717) is 35.9 Å². The lowest BCUT2D eigenvalue weighted by Gasteiger charge is -2.22. The third-order valence-corrected chi connectivity index (χ3v) is 5.81. The Labute approximate surface area is 204 Å². The Morgan fingerprint density at radius 3 is 2.32 bits per heavy atom. The Balaban J connectivity index is 1.28. The third-order valence-electron chi connectivity index (χ3n) is 5.56. The molecule has 1 aliphatic rings. The number of urea groups is 1. The van der Waals surface area contributed by atoms with Crippen molar-refractivity contribution in [2.75, 3.05) is 6.54 Å². The van der Waals surface area contributed by atoms with Gasteiger partial charge in [-0.3, -0.25) is 20.4 Å². The average molecular weight is 487 g/mol. The van der Waals surface area contributed by atoms with Crippen LogP contribution in [0.3, 0.4) is 0 Å². The van der Waals surface area contributed by atoms with Crippen molar-refractivity contribution in [2.24, 2.45) is 0 Å². The maximum absolute atomic E-state index is 12.2. The van der Waals surface area contributed by atoms with Crippen molar-refractivity contribution in [1.82, 2.24) is 21.5 Å². The first-order chi connectivity index (χ1) is 16.5. The van der Waals surface area contributed by atoms with Gasteiger partial charge in [0.15, 0.2) is 0 Å². The molecule has 34 heavy (non-hydrogen) atoms. The number of rotatable bonds is 9. The standard InChI is InChI=1S/C25H31ClN4O4/c26-20-12-14-22(15-13-20)34-17-18-8-10-19(11-9-18)24(32)30-29-23(31)7-4-16-27-25(33)28-21-5-2-1-3-6-21/h8-15,21H,1-7,16-17H2,(H,29,31)(H,30,32)(H2,27,28,33).